The van der Waals surface area contributed by atoms with Gasteiger partial charge in [-0.25, -0.2) is 0 Å². The van der Waals surface area contributed by atoms with Crippen molar-refractivity contribution in [3.8, 4) is 0 Å². The molecule has 1 aliphatic heterocycles. The van der Waals surface area contributed by atoms with E-state index in [1.165, 1.54) is 6.07 Å². The monoisotopic (exact) mass is 221 g/mol. The maximum absolute atomic E-state index is 10.9. The predicted molar refractivity (Wildman–Crippen MR) is 62.5 cm³/mol. The number of hydrogen-bond acceptors (Lipinski definition) is 4. The van der Waals surface area contributed by atoms with E-state index in [1.807, 2.05) is 17.9 Å². The maximum atomic E-state index is 10.9. The average molecular weight is 221 g/mol. The Kier molecular flexibility index (Phi) is 2.78. The molecule has 1 fully saturated rings. The lowest BCUT2D eigenvalue weighted by Crippen LogP contribution is -2.37. The number of nitrogens with zero attached hydrogens (tertiary/aromatic N) is 2. The first-order valence-electron chi connectivity index (χ1n) is 5.37. The SMILES string of the molecule is CC1C(N)CCN1c1ccccc1[N+](=O)[O-]. The fourth-order valence-corrected chi connectivity index (χ4v) is 2.17. The molecule has 5 nitrogen and oxygen atoms in total. The number of nitro benzene ring substituents is 1. The lowest BCUT2D eigenvalue weighted by atomic mass is 10.1. The van der Waals surface area contributed by atoms with Crippen LogP contribution in [-0.2, 0) is 0 Å². The molecule has 0 bridgehead atoms. The van der Waals surface area contributed by atoms with Gasteiger partial charge in [-0.2, -0.15) is 0 Å². The van der Waals surface area contributed by atoms with Crippen LogP contribution in [0.25, 0.3) is 0 Å². The summed E-state index contributed by atoms with van der Waals surface area (Å²) in [7, 11) is 0. The summed E-state index contributed by atoms with van der Waals surface area (Å²) in [6.45, 7) is 2.79. The third kappa shape index (κ3) is 1.74. The first-order valence-corrected chi connectivity index (χ1v) is 5.37. The number of hydrogen-bond donors (Lipinski definition) is 1. The quantitative estimate of drug-likeness (QED) is 0.607. The molecule has 2 atom stereocenters. The van der Waals surface area contributed by atoms with Crippen LogP contribution < -0.4 is 10.6 Å². The van der Waals surface area contributed by atoms with Crippen molar-refractivity contribution < 1.29 is 4.92 Å². The molecule has 5 heteroatoms. The van der Waals surface area contributed by atoms with Gasteiger partial charge in [-0.1, -0.05) is 12.1 Å². The number of rotatable bonds is 2. The summed E-state index contributed by atoms with van der Waals surface area (Å²) in [5.74, 6) is 0. The van der Waals surface area contributed by atoms with E-state index in [0.29, 0.717) is 5.69 Å². The first-order chi connectivity index (χ1) is 7.61. The number of nitrogens with two attached hydrogens (primary N) is 1. The van der Waals surface area contributed by atoms with Crippen LogP contribution in [0.2, 0.25) is 0 Å². The van der Waals surface area contributed by atoms with Crippen LogP contribution >= 0.6 is 0 Å². The largest absolute Gasteiger partial charge is 0.362 e. The minimum absolute atomic E-state index is 0.0970. The molecule has 1 heterocycles. The molecule has 2 unspecified atom stereocenters. The Morgan fingerprint density at radius 3 is 2.75 bits per heavy atom. The van der Waals surface area contributed by atoms with Gasteiger partial charge in [0.2, 0.25) is 0 Å². The average Bonchev–Trinajstić information content (AvgIpc) is 2.60. The zero-order valence-corrected chi connectivity index (χ0v) is 9.17. The van der Waals surface area contributed by atoms with Crippen LogP contribution in [-0.4, -0.2) is 23.6 Å². The molecule has 1 saturated heterocycles. The summed E-state index contributed by atoms with van der Waals surface area (Å²) in [5.41, 5.74) is 6.75. The van der Waals surface area contributed by atoms with Crippen LogP contribution in [0.3, 0.4) is 0 Å². The van der Waals surface area contributed by atoms with E-state index >= 15 is 0 Å². The van der Waals surface area contributed by atoms with E-state index in [-0.39, 0.29) is 22.7 Å². The Bertz CT molecular complexity index is 408. The van der Waals surface area contributed by atoms with Crippen molar-refractivity contribution in [2.24, 2.45) is 5.73 Å². The fraction of sp³-hybridized carbons (Fsp3) is 0.455. The smallest absolute Gasteiger partial charge is 0.292 e. The van der Waals surface area contributed by atoms with Gasteiger partial charge in [0.15, 0.2) is 0 Å². The number of nitro groups is 1. The molecule has 1 aromatic rings. The first kappa shape index (κ1) is 10.9. The number of benzene rings is 1. The summed E-state index contributed by atoms with van der Waals surface area (Å²) < 4.78 is 0. The van der Waals surface area contributed by atoms with Crippen LogP contribution in [0.5, 0.6) is 0 Å². The highest BCUT2D eigenvalue weighted by Gasteiger charge is 2.31. The minimum Gasteiger partial charge on any atom is -0.362 e. The highest BCUT2D eigenvalue weighted by molar-refractivity contribution is 5.64. The molecule has 0 saturated carbocycles. The van der Waals surface area contributed by atoms with Crippen molar-refractivity contribution in [3.63, 3.8) is 0 Å². The molecule has 0 amide bonds. The summed E-state index contributed by atoms with van der Waals surface area (Å²) in [6.07, 6.45) is 0.882. The molecular weight excluding hydrogens is 206 g/mol. The van der Waals surface area contributed by atoms with E-state index in [4.69, 9.17) is 5.73 Å². The van der Waals surface area contributed by atoms with E-state index < -0.39 is 0 Å². The van der Waals surface area contributed by atoms with E-state index in [2.05, 4.69) is 0 Å². The van der Waals surface area contributed by atoms with Gasteiger partial charge in [0.1, 0.15) is 5.69 Å². The molecule has 86 valence electrons. The van der Waals surface area contributed by atoms with E-state index in [0.717, 1.165) is 13.0 Å². The van der Waals surface area contributed by atoms with Crippen molar-refractivity contribution in [2.75, 3.05) is 11.4 Å². The van der Waals surface area contributed by atoms with Gasteiger partial charge in [0, 0.05) is 24.7 Å². The molecule has 2 N–H and O–H groups in total. The molecular formula is C11H15N3O2. The molecule has 0 aliphatic carbocycles. The van der Waals surface area contributed by atoms with Gasteiger partial charge in [0.25, 0.3) is 5.69 Å². The Labute approximate surface area is 94.0 Å². The van der Waals surface area contributed by atoms with Gasteiger partial charge in [-0.15, -0.1) is 0 Å². The third-order valence-corrected chi connectivity index (χ3v) is 3.20. The third-order valence-electron chi connectivity index (χ3n) is 3.20. The molecule has 16 heavy (non-hydrogen) atoms. The summed E-state index contributed by atoms with van der Waals surface area (Å²) >= 11 is 0. The number of anilines is 1. The molecule has 1 aliphatic rings. The zero-order chi connectivity index (χ0) is 11.7. The predicted octanol–water partition coefficient (Wildman–Crippen LogP) is 1.52. The van der Waals surface area contributed by atoms with Gasteiger partial charge in [-0.05, 0) is 19.4 Å². The minimum atomic E-state index is -0.341. The van der Waals surface area contributed by atoms with Gasteiger partial charge < -0.3 is 10.6 Å². The van der Waals surface area contributed by atoms with Gasteiger partial charge in [0.05, 0.1) is 4.92 Å². The zero-order valence-electron chi connectivity index (χ0n) is 9.17. The Morgan fingerprint density at radius 2 is 2.19 bits per heavy atom. The van der Waals surface area contributed by atoms with Crippen molar-refractivity contribution in [1.29, 1.82) is 0 Å². The second-order valence-corrected chi connectivity index (χ2v) is 4.13. The molecule has 0 spiro atoms. The van der Waals surface area contributed by atoms with Crippen molar-refractivity contribution in [1.82, 2.24) is 0 Å². The van der Waals surface area contributed by atoms with Crippen LogP contribution in [0.15, 0.2) is 24.3 Å². The Hall–Kier alpha value is -1.62. The molecule has 1 aromatic carbocycles. The van der Waals surface area contributed by atoms with Crippen molar-refractivity contribution >= 4 is 11.4 Å². The normalized spacial score (nSPS) is 24.8. The fourth-order valence-electron chi connectivity index (χ4n) is 2.17. The number of para-hydroxylation sites is 2. The molecule has 0 aromatic heterocycles. The van der Waals surface area contributed by atoms with Crippen LogP contribution in [0, 0.1) is 10.1 Å². The summed E-state index contributed by atoms with van der Waals surface area (Å²) in [4.78, 5) is 12.6. The second-order valence-electron chi connectivity index (χ2n) is 4.13. The lowest BCUT2D eigenvalue weighted by Gasteiger charge is -2.24. The highest BCUT2D eigenvalue weighted by Crippen LogP contribution is 2.32. The van der Waals surface area contributed by atoms with Crippen molar-refractivity contribution in [3.05, 3.63) is 34.4 Å². The Morgan fingerprint density at radius 1 is 1.50 bits per heavy atom. The lowest BCUT2D eigenvalue weighted by molar-refractivity contribution is -0.384. The van der Waals surface area contributed by atoms with Gasteiger partial charge in [-0.3, -0.25) is 10.1 Å². The summed E-state index contributed by atoms with van der Waals surface area (Å²) in [6, 6.07) is 7.07. The van der Waals surface area contributed by atoms with Crippen LogP contribution in [0.4, 0.5) is 11.4 Å². The summed E-state index contributed by atoms with van der Waals surface area (Å²) in [5, 5.41) is 10.9. The topological polar surface area (TPSA) is 72.4 Å². The van der Waals surface area contributed by atoms with E-state index in [1.54, 1.807) is 12.1 Å². The Balaban J connectivity index is 2.37. The second kappa shape index (κ2) is 4.09. The van der Waals surface area contributed by atoms with Crippen LogP contribution in [0.1, 0.15) is 13.3 Å². The van der Waals surface area contributed by atoms with E-state index in [9.17, 15) is 10.1 Å². The maximum Gasteiger partial charge on any atom is 0.292 e. The van der Waals surface area contributed by atoms with Gasteiger partial charge >= 0.3 is 0 Å². The molecule has 2 rings (SSSR count). The van der Waals surface area contributed by atoms with Crippen molar-refractivity contribution in [2.45, 2.75) is 25.4 Å². The standard InChI is InChI=1S/C11H15N3O2/c1-8-9(12)6-7-13(8)10-4-2-3-5-11(10)14(15)16/h2-5,8-9H,6-7,12H2,1H3. The highest BCUT2D eigenvalue weighted by atomic mass is 16.6. The molecule has 0 radical (unpaired) electrons.